The van der Waals surface area contributed by atoms with Crippen molar-refractivity contribution in [3.8, 4) is 0 Å². The van der Waals surface area contributed by atoms with Gasteiger partial charge in [-0.05, 0) is 55.3 Å². The molecule has 2 aromatic rings. The second-order valence-corrected chi connectivity index (χ2v) is 9.27. The van der Waals surface area contributed by atoms with Crippen molar-refractivity contribution in [2.45, 2.75) is 50.8 Å². The van der Waals surface area contributed by atoms with Crippen LogP contribution in [0, 0.1) is 5.41 Å². The lowest BCUT2D eigenvalue weighted by Crippen LogP contribution is -2.60. The first-order valence-electron chi connectivity index (χ1n) is 9.83. The fourth-order valence-corrected chi connectivity index (χ4v) is 6.47. The molecule has 27 heavy (non-hydrogen) atoms. The van der Waals surface area contributed by atoms with Gasteiger partial charge in [0.1, 0.15) is 0 Å². The summed E-state index contributed by atoms with van der Waals surface area (Å²) in [7, 11) is 1.37. The molecule has 0 saturated carbocycles. The van der Waals surface area contributed by atoms with Crippen LogP contribution in [0.1, 0.15) is 49.9 Å². The van der Waals surface area contributed by atoms with Gasteiger partial charge in [-0.25, -0.2) is 4.79 Å². The molecule has 0 spiro atoms. The van der Waals surface area contributed by atoms with Crippen LogP contribution in [0.3, 0.4) is 0 Å². The summed E-state index contributed by atoms with van der Waals surface area (Å²) in [5.74, 6) is -0.559. The summed E-state index contributed by atoms with van der Waals surface area (Å²) in [5.41, 5.74) is 1.58. The molecule has 6 heteroatoms. The molecule has 144 valence electrons. The second-order valence-electron chi connectivity index (χ2n) is 8.35. The van der Waals surface area contributed by atoms with Gasteiger partial charge in [-0.3, -0.25) is 4.90 Å². The molecule has 0 unspecified atom stereocenters. The summed E-state index contributed by atoms with van der Waals surface area (Å²) in [5, 5.41) is 12.9. The van der Waals surface area contributed by atoms with E-state index in [1.807, 2.05) is 16.7 Å². The molecule has 1 fully saturated rings. The van der Waals surface area contributed by atoms with E-state index in [4.69, 9.17) is 4.74 Å². The van der Waals surface area contributed by atoms with Crippen LogP contribution in [0.15, 0.2) is 22.7 Å². The van der Waals surface area contributed by atoms with E-state index in [1.165, 1.54) is 12.7 Å². The summed E-state index contributed by atoms with van der Waals surface area (Å²) < 4.78 is 7.97. The van der Waals surface area contributed by atoms with E-state index in [2.05, 4.69) is 33.8 Å². The molecule has 1 aromatic heterocycles. The molecule has 5 nitrogen and oxygen atoms in total. The minimum absolute atomic E-state index is 0.0992. The highest BCUT2D eigenvalue weighted by Crippen LogP contribution is 2.60. The van der Waals surface area contributed by atoms with E-state index in [0.717, 1.165) is 59.8 Å². The van der Waals surface area contributed by atoms with Crippen molar-refractivity contribution in [1.29, 1.82) is 0 Å². The smallest absolute Gasteiger partial charge is 0.359 e. The number of nitrogens with zero attached hydrogens (tertiary/aromatic N) is 2. The molecule has 0 aliphatic carbocycles. The standard InChI is InChI=1S/C21H25BrN2O3/c1-3-20-8-4-9-23-10-7-15-14-6-5-13(22)11-16(14)24(17(15)18(20)23)21(26,12-20)19(25)27-2/h5-6,11,18,26H,3-4,7-10,12H2,1-2H3/t18-,20-,21-/m0/s1. The Kier molecular flexibility index (Phi) is 3.81. The molecule has 4 heterocycles. The molecule has 5 rings (SSSR count). The summed E-state index contributed by atoms with van der Waals surface area (Å²) in [6.45, 7) is 4.34. The lowest BCUT2D eigenvalue weighted by atomic mass is 9.62. The van der Waals surface area contributed by atoms with Crippen molar-refractivity contribution in [2.24, 2.45) is 5.41 Å². The number of piperidine rings is 1. The maximum atomic E-state index is 12.9. The van der Waals surface area contributed by atoms with Gasteiger partial charge in [0, 0.05) is 28.5 Å². The first-order chi connectivity index (χ1) is 12.9. The third kappa shape index (κ3) is 2.15. The number of esters is 1. The second kappa shape index (κ2) is 5.82. The molecule has 0 amide bonds. The number of carbonyl (C=O) groups excluding carboxylic acids is 1. The number of methoxy groups -OCH3 is 1. The van der Waals surface area contributed by atoms with Gasteiger partial charge in [0.05, 0.1) is 18.7 Å². The maximum absolute atomic E-state index is 12.9. The van der Waals surface area contributed by atoms with E-state index < -0.39 is 11.7 Å². The summed E-state index contributed by atoms with van der Waals surface area (Å²) in [6.07, 6.45) is 4.45. The van der Waals surface area contributed by atoms with Crippen molar-refractivity contribution < 1.29 is 14.6 Å². The predicted octanol–water partition coefficient (Wildman–Crippen LogP) is 3.72. The number of carbonyl (C=O) groups is 1. The number of fused-ring (bicyclic) bond motifs is 3. The average molecular weight is 433 g/mol. The molecule has 3 aliphatic rings. The SMILES string of the molecule is CC[C@]12CCCN3CCc4c(n(c5cc(Br)ccc45)[C@@](O)(C(=O)OC)C1)[C@H]32. The topological polar surface area (TPSA) is 54.7 Å². The fourth-order valence-electron chi connectivity index (χ4n) is 6.12. The normalized spacial score (nSPS) is 32.4. The van der Waals surface area contributed by atoms with Gasteiger partial charge < -0.3 is 14.4 Å². The largest absolute Gasteiger partial charge is 0.465 e. The molecule has 1 saturated heterocycles. The monoisotopic (exact) mass is 432 g/mol. The van der Waals surface area contributed by atoms with Crippen LogP contribution in [-0.4, -0.2) is 40.7 Å². The van der Waals surface area contributed by atoms with Crippen LogP contribution in [0.2, 0.25) is 0 Å². The van der Waals surface area contributed by atoms with Gasteiger partial charge >= 0.3 is 5.97 Å². The lowest BCUT2D eigenvalue weighted by Gasteiger charge is -2.57. The quantitative estimate of drug-likeness (QED) is 0.734. The maximum Gasteiger partial charge on any atom is 0.359 e. The number of hydrogen-bond acceptors (Lipinski definition) is 4. The van der Waals surface area contributed by atoms with E-state index in [9.17, 15) is 9.90 Å². The molecule has 0 radical (unpaired) electrons. The number of hydrogen-bond donors (Lipinski definition) is 1. The van der Waals surface area contributed by atoms with Crippen LogP contribution >= 0.6 is 15.9 Å². The van der Waals surface area contributed by atoms with Crippen LogP contribution in [0.4, 0.5) is 0 Å². The van der Waals surface area contributed by atoms with Crippen molar-refractivity contribution in [2.75, 3.05) is 20.2 Å². The Hall–Kier alpha value is -1.37. The molecular weight excluding hydrogens is 408 g/mol. The van der Waals surface area contributed by atoms with E-state index in [-0.39, 0.29) is 11.5 Å². The highest BCUT2D eigenvalue weighted by Gasteiger charge is 2.60. The Balaban J connectivity index is 1.90. The molecular formula is C21H25BrN2O3. The third-order valence-electron chi connectivity index (χ3n) is 7.23. The molecule has 1 aromatic carbocycles. The Labute approximate surface area is 167 Å². The van der Waals surface area contributed by atoms with Gasteiger partial charge in [-0.15, -0.1) is 0 Å². The molecule has 3 aliphatic heterocycles. The Morgan fingerprint density at radius 3 is 2.96 bits per heavy atom. The Morgan fingerprint density at radius 2 is 2.22 bits per heavy atom. The number of halogens is 1. The van der Waals surface area contributed by atoms with Gasteiger partial charge in [-0.2, -0.15) is 0 Å². The number of rotatable bonds is 2. The van der Waals surface area contributed by atoms with Crippen molar-refractivity contribution in [3.63, 3.8) is 0 Å². The molecule has 0 bridgehead atoms. The van der Waals surface area contributed by atoms with Crippen molar-refractivity contribution in [3.05, 3.63) is 33.9 Å². The first kappa shape index (κ1) is 17.7. The number of aliphatic hydroxyl groups is 1. The first-order valence-corrected chi connectivity index (χ1v) is 10.6. The zero-order valence-electron chi connectivity index (χ0n) is 15.8. The molecule has 1 N–H and O–H groups in total. The fraction of sp³-hybridized carbons (Fsp3) is 0.571. The third-order valence-corrected chi connectivity index (χ3v) is 7.73. The highest BCUT2D eigenvalue weighted by molar-refractivity contribution is 9.10. The van der Waals surface area contributed by atoms with E-state index >= 15 is 0 Å². The number of ether oxygens (including phenoxy) is 1. The van der Waals surface area contributed by atoms with Crippen LogP contribution in [0.25, 0.3) is 10.9 Å². The van der Waals surface area contributed by atoms with Crippen LogP contribution in [0.5, 0.6) is 0 Å². The lowest BCUT2D eigenvalue weighted by molar-refractivity contribution is -0.194. The minimum atomic E-state index is -1.66. The zero-order chi connectivity index (χ0) is 19.0. The number of aromatic nitrogens is 1. The Bertz CT molecular complexity index is 955. The molecule has 3 atom stereocenters. The van der Waals surface area contributed by atoms with Crippen LogP contribution < -0.4 is 0 Å². The average Bonchev–Trinajstić information content (AvgIpc) is 3.01. The zero-order valence-corrected chi connectivity index (χ0v) is 17.4. The minimum Gasteiger partial charge on any atom is -0.465 e. The summed E-state index contributed by atoms with van der Waals surface area (Å²) >= 11 is 3.57. The van der Waals surface area contributed by atoms with E-state index in [0.29, 0.717) is 6.42 Å². The van der Waals surface area contributed by atoms with Gasteiger partial charge in [0.25, 0.3) is 0 Å². The van der Waals surface area contributed by atoms with Crippen LogP contribution in [-0.2, 0) is 21.7 Å². The summed E-state index contributed by atoms with van der Waals surface area (Å²) in [6, 6.07) is 6.44. The van der Waals surface area contributed by atoms with Gasteiger partial charge in [0.15, 0.2) is 0 Å². The van der Waals surface area contributed by atoms with Crippen molar-refractivity contribution >= 4 is 32.8 Å². The Morgan fingerprint density at radius 1 is 1.41 bits per heavy atom. The summed E-state index contributed by atoms with van der Waals surface area (Å²) in [4.78, 5) is 15.5. The predicted molar refractivity (Wildman–Crippen MR) is 106 cm³/mol. The van der Waals surface area contributed by atoms with Crippen molar-refractivity contribution in [1.82, 2.24) is 9.47 Å². The van der Waals surface area contributed by atoms with Gasteiger partial charge in [-0.1, -0.05) is 28.9 Å². The number of benzene rings is 1. The van der Waals surface area contributed by atoms with Gasteiger partial charge in [0.2, 0.25) is 5.72 Å². The van der Waals surface area contributed by atoms with E-state index in [1.54, 1.807) is 0 Å². The highest BCUT2D eigenvalue weighted by atomic mass is 79.9.